The second-order valence-corrected chi connectivity index (χ2v) is 5.35. The van der Waals surface area contributed by atoms with Crippen molar-refractivity contribution in [1.82, 2.24) is 15.2 Å². The number of hydrogen-bond acceptors (Lipinski definition) is 7. The van der Waals surface area contributed by atoms with Gasteiger partial charge in [0.15, 0.2) is 16.6 Å². The third-order valence-electron chi connectivity index (χ3n) is 2.78. The van der Waals surface area contributed by atoms with Crippen LogP contribution in [-0.2, 0) is 11.3 Å². The maximum Gasteiger partial charge on any atom is 0.358 e. The van der Waals surface area contributed by atoms with E-state index in [-0.39, 0.29) is 18.1 Å². The number of Topliss-reactive ketones (excluding diaryl/α,β-unsaturated/α-hetero) is 1. The number of carbonyl (C=O) groups excluding carboxylic acids is 2. The van der Waals surface area contributed by atoms with Crippen molar-refractivity contribution < 1.29 is 14.3 Å². The normalized spacial score (nSPS) is 10.4. The van der Waals surface area contributed by atoms with E-state index in [1.807, 2.05) is 6.92 Å². The molecule has 8 heteroatoms. The summed E-state index contributed by atoms with van der Waals surface area (Å²) < 4.78 is 4.91. The molecule has 0 aliphatic rings. The third-order valence-corrected chi connectivity index (χ3v) is 3.89. The molecule has 0 saturated carbocycles. The van der Waals surface area contributed by atoms with E-state index >= 15 is 0 Å². The van der Waals surface area contributed by atoms with Gasteiger partial charge in [-0.2, -0.15) is 5.10 Å². The second kappa shape index (κ2) is 6.49. The Bertz CT molecular complexity index is 662. The molecule has 0 aromatic carbocycles. The summed E-state index contributed by atoms with van der Waals surface area (Å²) in [5.74, 6) is -0.783. The number of rotatable bonds is 6. The highest BCUT2D eigenvalue weighted by Crippen LogP contribution is 2.25. The summed E-state index contributed by atoms with van der Waals surface area (Å²) in [7, 11) is 0. The van der Waals surface area contributed by atoms with Crippen molar-refractivity contribution in [2.75, 3.05) is 11.9 Å². The molecule has 0 atom stereocenters. The fourth-order valence-electron chi connectivity index (χ4n) is 1.70. The van der Waals surface area contributed by atoms with E-state index in [4.69, 9.17) is 4.74 Å². The highest BCUT2D eigenvalue weighted by atomic mass is 32.1. The Morgan fingerprint density at radius 1 is 1.48 bits per heavy atom. The number of hydrogen-bond donors (Lipinski definition) is 2. The first-order valence-corrected chi connectivity index (χ1v) is 7.26. The number of anilines is 1. The maximum absolute atomic E-state index is 11.8. The van der Waals surface area contributed by atoms with Crippen LogP contribution in [0.4, 0.5) is 5.13 Å². The first-order chi connectivity index (χ1) is 10.0. The monoisotopic (exact) mass is 308 g/mol. The lowest BCUT2D eigenvalue weighted by Crippen LogP contribution is -2.09. The molecule has 2 aromatic rings. The van der Waals surface area contributed by atoms with Crippen molar-refractivity contribution in [3.8, 4) is 0 Å². The average Bonchev–Trinajstić information content (AvgIpc) is 3.03. The fraction of sp³-hybridized carbons (Fsp3) is 0.385. The van der Waals surface area contributed by atoms with Gasteiger partial charge >= 0.3 is 5.97 Å². The molecule has 0 amide bonds. The number of aromatic nitrogens is 3. The number of nitrogens with zero attached hydrogens (tertiary/aromatic N) is 2. The van der Waals surface area contributed by atoms with Crippen molar-refractivity contribution >= 4 is 28.2 Å². The molecule has 2 N–H and O–H groups in total. The Morgan fingerprint density at radius 2 is 2.24 bits per heavy atom. The molecule has 0 radical (unpaired) electrons. The van der Waals surface area contributed by atoms with Crippen LogP contribution in [0.25, 0.3) is 0 Å². The minimum atomic E-state index is -0.577. The van der Waals surface area contributed by atoms with Gasteiger partial charge in [-0.25, -0.2) is 9.78 Å². The van der Waals surface area contributed by atoms with Gasteiger partial charge in [-0.15, -0.1) is 0 Å². The average molecular weight is 308 g/mol. The van der Waals surface area contributed by atoms with Crippen LogP contribution >= 0.6 is 11.3 Å². The van der Waals surface area contributed by atoms with Gasteiger partial charge in [0.25, 0.3) is 0 Å². The Labute approximate surface area is 125 Å². The van der Waals surface area contributed by atoms with E-state index in [0.717, 1.165) is 22.6 Å². The zero-order valence-corrected chi connectivity index (χ0v) is 12.8. The summed E-state index contributed by atoms with van der Waals surface area (Å²) in [5, 5.41) is 10.4. The lowest BCUT2D eigenvalue weighted by molar-refractivity contribution is 0.0517. The third kappa shape index (κ3) is 3.46. The van der Waals surface area contributed by atoms with Gasteiger partial charge in [0.05, 0.1) is 12.8 Å². The Balaban J connectivity index is 2.17. The highest BCUT2D eigenvalue weighted by Gasteiger charge is 2.22. The quantitative estimate of drug-likeness (QED) is 0.627. The Kier molecular flexibility index (Phi) is 4.69. The molecule has 2 heterocycles. The summed E-state index contributed by atoms with van der Waals surface area (Å²) in [6, 6.07) is 0. The summed E-state index contributed by atoms with van der Waals surface area (Å²) >= 11 is 1.15. The molecule has 112 valence electrons. The van der Waals surface area contributed by atoms with Crippen molar-refractivity contribution in [3.05, 3.63) is 28.0 Å². The number of thiazole rings is 1. The molecular formula is C13H16N4O3S. The van der Waals surface area contributed by atoms with Crippen molar-refractivity contribution in [3.63, 3.8) is 0 Å². The lowest BCUT2D eigenvalue weighted by Gasteiger charge is -2.00. The highest BCUT2D eigenvalue weighted by molar-refractivity contribution is 7.17. The molecule has 0 bridgehead atoms. The van der Waals surface area contributed by atoms with E-state index in [9.17, 15) is 9.59 Å². The number of carbonyl (C=O) groups is 2. The van der Waals surface area contributed by atoms with Gasteiger partial charge < -0.3 is 10.1 Å². The van der Waals surface area contributed by atoms with Crippen molar-refractivity contribution in [1.29, 1.82) is 0 Å². The molecule has 0 aliphatic carbocycles. The minimum absolute atomic E-state index is 0.0702. The Hall–Kier alpha value is -2.22. The molecule has 0 spiro atoms. The number of aryl methyl sites for hydroxylation is 1. The summed E-state index contributed by atoms with van der Waals surface area (Å²) in [5.41, 5.74) is 2.02. The molecule has 0 unspecified atom stereocenters. The van der Waals surface area contributed by atoms with Gasteiger partial charge in [0.2, 0.25) is 0 Å². The fourth-order valence-corrected chi connectivity index (χ4v) is 2.54. The van der Waals surface area contributed by atoms with Gasteiger partial charge in [-0.05, 0) is 13.8 Å². The van der Waals surface area contributed by atoms with E-state index in [1.54, 1.807) is 13.1 Å². The van der Waals surface area contributed by atoms with E-state index in [1.165, 1.54) is 6.92 Å². The second-order valence-electron chi connectivity index (χ2n) is 4.35. The molecule has 7 nitrogen and oxygen atoms in total. The number of nitrogens with one attached hydrogen (secondary N) is 2. The predicted molar refractivity (Wildman–Crippen MR) is 78.7 cm³/mol. The number of H-pyrrole nitrogens is 1. The first-order valence-electron chi connectivity index (χ1n) is 6.44. The van der Waals surface area contributed by atoms with E-state index < -0.39 is 5.97 Å². The Morgan fingerprint density at radius 3 is 2.81 bits per heavy atom. The molecule has 0 fully saturated rings. The topological polar surface area (TPSA) is 97.0 Å². The maximum atomic E-state index is 11.8. The smallest absolute Gasteiger partial charge is 0.358 e. The number of aromatic amines is 1. The zero-order chi connectivity index (χ0) is 15.4. The van der Waals surface area contributed by atoms with Gasteiger partial charge in [-0.3, -0.25) is 9.89 Å². The van der Waals surface area contributed by atoms with Crippen LogP contribution in [0.1, 0.15) is 45.3 Å². The van der Waals surface area contributed by atoms with Gasteiger partial charge in [0.1, 0.15) is 4.88 Å². The van der Waals surface area contributed by atoms with Crippen molar-refractivity contribution in [2.24, 2.45) is 0 Å². The first kappa shape index (κ1) is 15.2. The summed E-state index contributed by atoms with van der Waals surface area (Å²) in [6.07, 6.45) is 1.72. The van der Waals surface area contributed by atoms with Crippen LogP contribution < -0.4 is 5.32 Å². The van der Waals surface area contributed by atoms with Crippen LogP contribution in [-0.4, -0.2) is 33.5 Å². The standard InChI is InChI=1S/C13H16N4O3S/c1-4-20-12(19)10-11(8(3)18)21-13(16-10)14-5-9-6-15-17-7(9)2/h6H,4-5H2,1-3H3,(H,14,16)(H,15,17). The number of ether oxygens (including phenoxy) is 1. The van der Waals surface area contributed by atoms with Gasteiger partial charge in [0, 0.05) is 24.7 Å². The van der Waals surface area contributed by atoms with Crippen LogP contribution in [0.5, 0.6) is 0 Å². The van der Waals surface area contributed by atoms with Crippen LogP contribution in [0.15, 0.2) is 6.20 Å². The van der Waals surface area contributed by atoms with Crippen LogP contribution in [0.3, 0.4) is 0 Å². The van der Waals surface area contributed by atoms with Crippen LogP contribution in [0, 0.1) is 6.92 Å². The summed E-state index contributed by atoms with van der Waals surface area (Å²) in [6.45, 7) is 5.77. The zero-order valence-electron chi connectivity index (χ0n) is 12.0. The molecular weight excluding hydrogens is 292 g/mol. The molecule has 2 rings (SSSR count). The van der Waals surface area contributed by atoms with Crippen LogP contribution in [0.2, 0.25) is 0 Å². The van der Waals surface area contributed by atoms with E-state index in [2.05, 4.69) is 20.5 Å². The number of esters is 1. The SMILES string of the molecule is CCOC(=O)c1nc(NCc2cn[nH]c2C)sc1C(C)=O. The minimum Gasteiger partial charge on any atom is -0.461 e. The molecule has 21 heavy (non-hydrogen) atoms. The van der Waals surface area contributed by atoms with Gasteiger partial charge in [-0.1, -0.05) is 11.3 Å². The number of ketones is 1. The molecule has 0 saturated heterocycles. The molecule has 2 aromatic heterocycles. The van der Waals surface area contributed by atoms with E-state index in [0.29, 0.717) is 16.6 Å². The van der Waals surface area contributed by atoms with Crippen molar-refractivity contribution in [2.45, 2.75) is 27.3 Å². The predicted octanol–water partition coefficient (Wildman–Crippen LogP) is 2.17. The lowest BCUT2D eigenvalue weighted by atomic mass is 10.3. The summed E-state index contributed by atoms with van der Waals surface area (Å²) in [4.78, 5) is 27.9. The largest absolute Gasteiger partial charge is 0.461 e. The molecule has 0 aliphatic heterocycles.